The maximum atomic E-state index is 5.81. The molecule has 2 heteroatoms. The third-order valence-electron chi connectivity index (χ3n) is 4.92. The van der Waals surface area contributed by atoms with E-state index in [9.17, 15) is 0 Å². The molecule has 0 aliphatic heterocycles. The number of unbranched alkanes of at least 4 members (excludes halogenated alkanes) is 1. The van der Waals surface area contributed by atoms with Crippen LogP contribution in [-0.2, 0) is 0 Å². The van der Waals surface area contributed by atoms with Crippen LogP contribution in [0.4, 0.5) is 0 Å². The van der Waals surface area contributed by atoms with Crippen LogP contribution >= 0.6 is 0 Å². The molecule has 0 unspecified atom stereocenters. The quantitative estimate of drug-likeness (QED) is 0.315. The van der Waals surface area contributed by atoms with Gasteiger partial charge in [0.1, 0.15) is 5.75 Å². The fourth-order valence-corrected chi connectivity index (χ4v) is 3.29. The number of aromatic nitrogens is 1. The number of pyridine rings is 1. The standard InChI is InChI=1S/C27H25NO/c1-2-3-18-29-25-16-14-21(15-17-25)24-19-26(22-10-6-4-7-11-22)28-27(20-24)23-12-8-5-9-13-23/h4-17,19-20H,2-3,18H2,1H3. The molecule has 0 amide bonds. The smallest absolute Gasteiger partial charge is 0.119 e. The van der Waals surface area contributed by atoms with Gasteiger partial charge >= 0.3 is 0 Å². The minimum Gasteiger partial charge on any atom is -0.494 e. The molecule has 0 atom stereocenters. The van der Waals surface area contributed by atoms with Crippen LogP contribution in [0, 0.1) is 0 Å². The van der Waals surface area contributed by atoms with Gasteiger partial charge in [-0.3, -0.25) is 0 Å². The van der Waals surface area contributed by atoms with Crippen LogP contribution < -0.4 is 4.74 Å². The molecule has 1 aromatic heterocycles. The Morgan fingerprint density at radius 3 is 1.69 bits per heavy atom. The molecule has 0 radical (unpaired) electrons. The second-order valence-corrected chi connectivity index (χ2v) is 7.08. The molecule has 4 rings (SSSR count). The summed E-state index contributed by atoms with van der Waals surface area (Å²) in [4.78, 5) is 4.94. The van der Waals surface area contributed by atoms with E-state index in [2.05, 4.69) is 67.6 Å². The molecular weight excluding hydrogens is 354 g/mol. The Hall–Kier alpha value is -3.39. The van der Waals surface area contributed by atoms with Gasteiger partial charge in [0.05, 0.1) is 18.0 Å². The van der Waals surface area contributed by atoms with Crippen molar-refractivity contribution in [3.63, 3.8) is 0 Å². The Kier molecular flexibility index (Phi) is 6.01. The third-order valence-corrected chi connectivity index (χ3v) is 4.92. The SMILES string of the molecule is CCCCOc1ccc(-c2cc(-c3ccccc3)nc(-c3ccccc3)c2)cc1. The first-order chi connectivity index (χ1) is 14.3. The highest BCUT2D eigenvalue weighted by Gasteiger charge is 2.09. The van der Waals surface area contributed by atoms with Crippen molar-refractivity contribution in [1.29, 1.82) is 0 Å². The van der Waals surface area contributed by atoms with E-state index in [1.165, 1.54) is 0 Å². The van der Waals surface area contributed by atoms with Gasteiger partial charge in [0.15, 0.2) is 0 Å². The number of ether oxygens (including phenoxy) is 1. The molecule has 0 N–H and O–H groups in total. The lowest BCUT2D eigenvalue weighted by Gasteiger charge is -2.11. The van der Waals surface area contributed by atoms with E-state index >= 15 is 0 Å². The molecule has 3 aromatic carbocycles. The van der Waals surface area contributed by atoms with Crippen molar-refractivity contribution in [2.24, 2.45) is 0 Å². The first-order valence-corrected chi connectivity index (χ1v) is 10.2. The highest BCUT2D eigenvalue weighted by molar-refractivity contribution is 5.76. The minimum atomic E-state index is 0.765. The highest BCUT2D eigenvalue weighted by atomic mass is 16.5. The fraction of sp³-hybridized carbons (Fsp3) is 0.148. The van der Waals surface area contributed by atoms with Gasteiger partial charge in [0.25, 0.3) is 0 Å². The molecule has 0 aliphatic rings. The van der Waals surface area contributed by atoms with Crippen LogP contribution in [0.3, 0.4) is 0 Å². The first-order valence-electron chi connectivity index (χ1n) is 10.2. The predicted octanol–water partition coefficient (Wildman–Crippen LogP) is 7.26. The molecule has 2 nitrogen and oxygen atoms in total. The van der Waals surface area contributed by atoms with Gasteiger partial charge in [-0.1, -0.05) is 86.1 Å². The van der Waals surface area contributed by atoms with Crippen LogP contribution in [0.5, 0.6) is 5.75 Å². The predicted molar refractivity (Wildman–Crippen MR) is 121 cm³/mol. The molecule has 0 saturated heterocycles. The lowest BCUT2D eigenvalue weighted by atomic mass is 10.00. The van der Waals surface area contributed by atoms with Gasteiger partial charge in [-0.2, -0.15) is 0 Å². The summed E-state index contributed by atoms with van der Waals surface area (Å²) >= 11 is 0. The van der Waals surface area contributed by atoms with E-state index in [0.717, 1.165) is 58.8 Å². The van der Waals surface area contributed by atoms with Gasteiger partial charge in [0.2, 0.25) is 0 Å². The summed E-state index contributed by atoms with van der Waals surface area (Å²) in [5, 5.41) is 0. The van der Waals surface area contributed by atoms with Crippen molar-refractivity contribution in [3.8, 4) is 39.4 Å². The van der Waals surface area contributed by atoms with Gasteiger partial charge in [-0.25, -0.2) is 4.98 Å². The summed E-state index contributed by atoms with van der Waals surface area (Å²) in [5.74, 6) is 0.919. The lowest BCUT2D eigenvalue weighted by molar-refractivity contribution is 0.309. The summed E-state index contributed by atoms with van der Waals surface area (Å²) in [6.45, 7) is 2.94. The average Bonchev–Trinajstić information content (AvgIpc) is 2.80. The largest absolute Gasteiger partial charge is 0.494 e. The van der Waals surface area contributed by atoms with E-state index < -0.39 is 0 Å². The van der Waals surface area contributed by atoms with Gasteiger partial charge in [0, 0.05) is 11.1 Å². The van der Waals surface area contributed by atoms with Crippen molar-refractivity contribution in [1.82, 2.24) is 4.98 Å². The van der Waals surface area contributed by atoms with Crippen LogP contribution in [-0.4, -0.2) is 11.6 Å². The second-order valence-electron chi connectivity index (χ2n) is 7.08. The minimum absolute atomic E-state index is 0.765. The molecule has 4 aromatic rings. The zero-order valence-electron chi connectivity index (χ0n) is 16.7. The zero-order chi connectivity index (χ0) is 19.9. The summed E-state index contributed by atoms with van der Waals surface area (Å²) in [6.07, 6.45) is 2.21. The number of hydrogen-bond acceptors (Lipinski definition) is 2. The molecule has 0 saturated carbocycles. The highest BCUT2D eigenvalue weighted by Crippen LogP contribution is 2.31. The van der Waals surface area contributed by atoms with E-state index in [1.807, 2.05) is 36.4 Å². The Morgan fingerprint density at radius 2 is 1.17 bits per heavy atom. The van der Waals surface area contributed by atoms with Crippen molar-refractivity contribution in [2.45, 2.75) is 19.8 Å². The number of benzene rings is 3. The summed E-state index contributed by atoms with van der Waals surface area (Å²) < 4.78 is 5.81. The molecule has 0 aliphatic carbocycles. The monoisotopic (exact) mass is 379 g/mol. The van der Waals surface area contributed by atoms with Crippen LogP contribution in [0.1, 0.15) is 19.8 Å². The van der Waals surface area contributed by atoms with E-state index in [4.69, 9.17) is 9.72 Å². The van der Waals surface area contributed by atoms with Crippen molar-refractivity contribution >= 4 is 0 Å². The summed E-state index contributed by atoms with van der Waals surface area (Å²) in [7, 11) is 0. The molecule has 29 heavy (non-hydrogen) atoms. The average molecular weight is 380 g/mol. The van der Waals surface area contributed by atoms with Crippen LogP contribution in [0.15, 0.2) is 97.1 Å². The van der Waals surface area contributed by atoms with Crippen LogP contribution in [0.2, 0.25) is 0 Å². The normalized spacial score (nSPS) is 10.7. The molecule has 0 bridgehead atoms. The van der Waals surface area contributed by atoms with E-state index in [1.54, 1.807) is 0 Å². The topological polar surface area (TPSA) is 22.1 Å². The Balaban J connectivity index is 1.72. The zero-order valence-corrected chi connectivity index (χ0v) is 16.7. The molecule has 0 spiro atoms. The molecule has 0 fully saturated rings. The maximum absolute atomic E-state index is 5.81. The van der Waals surface area contributed by atoms with Gasteiger partial charge < -0.3 is 4.74 Å². The van der Waals surface area contributed by atoms with E-state index in [0.29, 0.717) is 0 Å². The molecule has 144 valence electrons. The van der Waals surface area contributed by atoms with Crippen LogP contribution in [0.25, 0.3) is 33.6 Å². The molecule has 1 heterocycles. The van der Waals surface area contributed by atoms with Crippen molar-refractivity contribution < 1.29 is 4.74 Å². The first kappa shape index (κ1) is 18.9. The number of nitrogens with zero attached hydrogens (tertiary/aromatic N) is 1. The maximum Gasteiger partial charge on any atom is 0.119 e. The van der Waals surface area contributed by atoms with E-state index in [-0.39, 0.29) is 0 Å². The third kappa shape index (κ3) is 4.72. The Labute approximate surface area is 172 Å². The number of rotatable bonds is 7. The fourth-order valence-electron chi connectivity index (χ4n) is 3.29. The lowest BCUT2D eigenvalue weighted by Crippen LogP contribution is -1.96. The summed E-state index contributed by atoms with van der Waals surface area (Å²) in [5.41, 5.74) is 6.50. The summed E-state index contributed by atoms with van der Waals surface area (Å²) in [6, 6.07) is 33.3. The van der Waals surface area contributed by atoms with Crippen molar-refractivity contribution in [2.75, 3.05) is 6.61 Å². The molecular formula is C27H25NO. The van der Waals surface area contributed by atoms with Gasteiger partial charge in [-0.05, 0) is 41.8 Å². The second kappa shape index (κ2) is 9.20. The van der Waals surface area contributed by atoms with Crippen molar-refractivity contribution in [3.05, 3.63) is 97.1 Å². The van der Waals surface area contributed by atoms with Gasteiger partial charge in [-0.15, -0.1) is 0 Å². The Morgan fingerprint density at radius 1 is 0.621 bits per heavy atom. The Bertz CT molecular complexity index is 983. The number of hydrogen-bond donors (Lipinski definition) is 0.